The van der Waals surface area contributed by atoms with Crippen LogP contribution in [0.2, 0.25) is 0 Å². The molecule has 3 N–H and O–H groups in total. The summed E-state index contributed by atoms with van der Waals surface area (Å²) in [5, 5.41) is 0. The second-order valence-corrected chi connectivity index (χ2v) is 5.64. The van der Waals surface area contributed by atoms with E-state index in [0.717, 1.165) is 42.0 Å². The van der Waals surface area contributed by atoms with E-state index < -0.39 is 0 Å². The Balaban J connectivity index is 1.98. The molecule has 1 unspecified atom stereocenters. The average Bonchev–Trinajstić information content (AvgIpc) is 3.12. The maximum atomic E-state index is 5.58. The lowest BCUT2D eigenvalue weighted by Crippen LogP contribution is -2.24. The topological polar surface area (TPSA) is 67.1 Å². The van der Waals surface area contributed by atoms with Crippen molar-refractivity contribution >= 4 is 11.6 Å². The predicted octanol–water partition coefficient (Wildman–Crippen LogP) is 1.79. The molecule has 1 aliphatic carbocycles. The molecule has 5 nitrogen and oxygen atoms in total. The Hall–Kier alpha value is -1.36. The van der Waals surface area contributed by atoms with Gasteiger partial charge in [-0.15, -0.1) is 0 Å². The van der Waals surface area contributed by atoms with Crippen LogP contribution in [0.1, 0.15) is 43.5 Å². The zero-order valence-corrected chi connectivity index (χ0v) is 11.1. The van der Waals surface area contributed by atoms with Crippen LogP contribution in [-0.4, -0.2) is 23.1 Å². The van der Waals surface area contributed by atoms with E-state index in [9.17, 15) is 0 Å². The Kier molecular flexibility index (Phi) is 2.86. The van der Waals surface area contributed by atoms with Crippen LogP contribution in [0.5, 0.6) is 0 Å². The first-order valence-corrected chi connectivity index (χ1v) is 6.79. The molecule has 5 heteroatoms. The first-order valence-electron chi connectivity index (χ1n) is 6.79. The molecule has 0 amide bonds. The highest BCUT2D eigenvalue weighted by molar-refractivity contribution is 5.59. The number of rotatable bonds is 3. The molecule has 0 spiro atoms. The minimum atomic E-state index is 0.552. The number of hydrogen-bond acceptors (Lipinski definition) is 5. The molecule has 98 valence electrons. The fourth-order valence-electron chi connectivity index (χ4n) is 2.62. The van der Waals surface area contributed by atoms with E-state index in [0.29, 0.717) is 5.92 Å². The Morgan fingerprint density at radius 1 is 1.28 bits per heavy atom. The van der Waals surface area contributed by atoms with E-state index >= 15 is 0 Å². The predicted molar refractivity (Wildman–Crippen MR) is 72.5 cm³/mol. The average molecular weight is 247 g/mol. The van der Waals surface area contributed by atoms with Crippen LogP contribution in [0, 0.1) is 12.8 Å². The van der Waals surface area contributed by atoms with E-state index in [1.165, 1.54) is 19.3 Å². The van der Waals surface area contributed by atoms with Gasteiger partial charge in [-0.05, 0) is 32.1 Å². The normalized spacial score (nSPS) is 23.5. The van der Waals surface area contributed by atoms with Crippen molar-refractivity contribution in [1.82, 2.24) is 9.97 Å². The summed E-state index contributed by atoms with van der Waals surface area (Å²) < 4.78 is 0. The summed E-state index contributed by atoms with van der Waals surface area (Å²) in [5.41, 5.74) is 3.78. The molecule has 0 radical (unpaired) electrons. The zero-order valence-electron chi connectivity index (χ0n) is 11.1. The summed E-state index contributed by atoms with van der Waals surface area (Å²) >= 11 is 0. The van der Waals surface area contributed by atoms with Gasteiger partial charge in [0.05, 0.1) is 0 Å². The SMILES string of the molecule is Cc1c(NN)nc(C2CC2)nc1N1CCC(C)C1. The molecular weight excluding hydrogens is 226 g/mol. The number of aromatic nitrogens is 2. The van der Waals surface area contributed by atoms with Crippen LogP contribution >= 0.6 is 0 Å². The second kappa shape index (κ2) is 4.39. The molecular formula is C13H21N5. The highest BCUT2D eigenvalue weighted by atomic mass is 15.3. The van der Waals surface area contributed by atoms with Gasteiger partial charge in [0.25, 0.3) is 0 Å². The van der Waals surface area contributed by atoms with Gasteiger partial charge in [0, 0.05) is 24.6 Å². The molecule has 1 atom stereocenters. The number of anilines is 2. The highest BCUT2D eigenvalue weighted by Crippen LogP contribution is 2.40. The summed E-state index contributed by atoms with van der Waals surface area (Å²) in [5.74, 6) is 9.69. The number of nitrogens with zero attached hydrogens (tertiary/aromatic N) is 3. The Bertz CT molecular complexity index is 455. The molecule has 1 saturated carbocycles. The maximum absolute atomic E-state index is 5.58. The Morgan fingerprint density at radius 3 is 2.61 bits per heavy atom. The van der Waals surface area contributed by atoms with Crippen molar-refractivity contribution in [1.29, 1.82) is 0 Å². The smallest absolute Gasteiger partial charge is 0.148 e. The molecule has 2 aliphatic rings. The first-order chi connectivity index (χ1) is 8.69. The number of hydrazine groups is 1. The number of nitrogens with one attached hydrogen (secondary N) is 1. The molecule has 2 heterocycles. The summed E-state index contributed by atoms with van der Waals surface area (Å²) in [7, 11) is 0. The molecule has 0 bridgehead atoms. The van der Waals surface area contributed by atoms with Crippen molar-refractivity contribution in [2.45, 2.75) is 39.0 Å². The van der Waals surface area contributed by atoms with Gasteiger partial charge in [0.1, 0.15) is 17.5 Å². The van der Waals surface area contributed by atoms with Gasteiger partial charge < -0.3 is 10.3 Å². The summed E-state index contributed by atoms with van der Waals surface area (Å²) in [4.78, 5) is 11.7. The van der Waals surface area contributed by atoms with Gasteiger partial charge >= 0.3 is 0 Å². The maximum Gasteiger partial charge on any atom is 0.148 e. The van der Waals surface area contributed by atoms with Crippen LogP contribution in [0.25, 0.3) is 0 Å². The molecule has 1 aliphatic heterocycles. The second-order valence-electron chi connectivity index (χ2n) is 5.64. The van der Waals surface area contributed by atoms with Crippen molar-refractivity contribution in [3.63, 3.8) is 0 Å². The highest BCUT2D eigenvalue weighted by Gasteiger charge is 2.30. The van der Waals surface area contributed by atoms with Crippen molar-refractivity contribution in [3.05, 3.63) is 11.4 Å². The molecule has 1 saturated heterocycles. The van der Waals surface area contributed by atoms with Gasteiger partial charge in [-0.25, -0.2) is 15.8 Å². The van der Waals surface area contributed by atoms with Crippen LogP contribution in [0.15, 0.2) is 0 Å². The monoisotopic (exact) mass is 247 g/mol. The van der Waals surface area contributed by atoms with Crippen LogP contribution in [0.4, 0.5) is 11.6 Å². The van der Waals surface area contributed by atoms with Crippen LogP contribution in [-0.2, 0) is 0 Å². The van der Waals surface area contributed by atoms with Crippen LogP contribution in [0.3, 0.4) is 0 Å². The van der Waals surface area contributed by atoms with E-state index in [1.54, 1.807) is 0 Å². The standard InChI is InChI=1S/C13H21N5/c1-8-5-6-18(7-8)13-9(2)11(17-14)15-12(16-13)10-3-4-10/h8,10H,3-7,14H2,1-2H3,(H,15,16,17). The third kappa shape index (κ3) is 2.03. The number of nitrogen functional groups attached to an aromatic ring is 1. The lowest BCUT2D eigenvalue weighted by molar-refractivity contribution is 0.658. The van der Waals surface area contributed by atoms with Gasteiger partial charge in [0.15, 0.2) is 0 Å². The Morgan fingerprint density at radius 2 is 2.06 bits per heavy atom. The van der Waals surface area contributed by atoms with E-state index in [-0.39, 0.29) is 0 Å². The van der Waals surface area contributed by atoms with Crippen molar-refractivity contribution in [2.75, 3.05) is 23.4 Å². The third-order valence-corrected chi connectivity index (χ3v) is 3.94. The quantitative estimate of drug-likeness (QED) is 0.629. The van der Waals surface area contributed by atoms with Crippen molar-refractivity contribution in [2.24, 2.45) is 11.8 Å². The van der Waals surface area contributed by atoms with E-state index in [4.69, 9.17) is 10.8 Å². The van der Waals surface area contributed by atoms with E-state index in [2.05, 4.69) is 22.2 Å². The molecule has 2 fully saturated rings. The minimum Gasteiger partial charge on any atom is -0.356 e. The van der Waals surface area contributed by atoms with Gasteiger partial charge in [0.2, 0.25) is 0 Å². The van der Waals surface area contributed by atoms with Crippen molar-refractivity contribution < 1.29 is 0 Å². The molecule has 0 aromatic carbocycles. The Labute approximate surface area is 108 Å². The third-order valence-electron chi connectivity index (χ3n) is 3.94. The largest absolute Gasteiger partial charge is 0.356 e. The fourth-order valence-corrected chi connectivity index (χ4v) is 2.62. The lowest BCUT2D eigenvalue weighted by Gasteiger charge is -2.21. The van der Waals surface area contributed by atoms with E-state index in [1.807, 2.05) is 6.92 Å². The fraction of sp³-hybridized carbons (Fsp3) is 0.692. The van der Waals surface area contributed by atoms with Gasteiger partial charge in [-0.3, -0.25) is 0 Å². The number of nitrogens with two attached hydrogens (primary N) is 1. The zero-order chi connectivity index (χ0) is 12.7. The van der Waals surface area contributed by atoms with Gasteiger partial charge in [-0.2, -0.15) is 0 Å². The summed E-state index contributed by atoms with van der Waals surface area (Å²) in [6, 6.07) is 0. The lowest BCUT2D eigenvalue weighted by atomic mass is 10.2. The van der Waals surface area contributed by atoms with Crippen LogP contribution < -0.4 is 16.2 Å². The summed E-state index contributed by atoms with van der Waals surface area (Å²) in [6.07, 6.45) is 3.67. The molecule has 1 aromatic heterocycles. The molecule has 3 rings (SSSR count). The summed E-state index contributed by atoms with van der Waals surface area (Å²) in [6.45, 7) is 6.52. The minimum absolute atomic E-state index is 0.552. The number of hydrogen-bond donors (Lipinski definition) is 2. The van der Waals surface area contributed by atoms with Crippen molar-refractivity contribution in [3.8, 4) is 0 Å². The molecule has 1 aromatic rings. The van der Waals surface area contributed by atoms with Gasteiger partial charge in [-0.1, -0.05) is 6.92 Å². The first kappa shape index (κ1) is 11.7. The molecule has 18 heavy (non-hydrogen) atoms.